The Bertz CT molecular complexity index is 480. The van der Waals surface area contributed by atoms with Crippen molar-refractivity contribution >= 4 is 23.0 Å². The normalized spacial score (nSPS) is 17.1. The highest BCUT2D eigenvalue weighted by molar-refractivity contribution is 7.80. The minimum absolute atomic E-state index is 0.318. The van der Waals surface area contributed by atoms with E-state index in [-0.39, 0.29) is 0 Å². The van der Waals surface area contributed by atoms with Crippen LogP contribution in [0.5, 0.6) is 0 Å². The lowest BCUT2D eigenvalue weighted by atomic mass is 10.1. The first kappa shape index (κ1) is 16.1. The summed E-state index contributed by atoms with van der Waals surface area (Å²) < 4.78 is 37.9. The van der Waals surface area contributed by atoms with Gasteiger partial charge in [-0.1, -0.05) is 31.7 Å². The molecule has 2 nitrogen and oxygen atoms in total. The van der Waals surface area contributed by atoms with Crippen LogP contribution in [0.3, 0.4) is 0 Å². The van der Waals surface area contributed by atoms with Crippen molar-refractivity contribution < 1.29 is 13.2 Å². The lowest BCUT2D eigenvalue weighted by Gasteiger charge is -2.19. The Morgan fingerprint density at radius 2 is 1.76 bits per heavy atom. The third-order valence-electron chi connectivity index (χ3n) is 3.64. The Kier molecular flexibility index (Phi) is 5.45. The number of thiocarbonyl (C=S) groups is 1. The largest absolute Gasteiger partial charge is 0.416 e. The monoisotopic (exact) mass is 316 g/mol. The third kappa shape index (κ3) is 5.19. The fourth-order valence-corrected chi connectivity index (χ4v) is 2.83. The minimum atomic E-state index is -4.34. The molecule has 21 heavy (non-hydrogen) atoms. The molecule has 2 rings (SSSR count). The molecular weight excluding hydrogens is 297 g/mol. The summed E-state index contributed by atoms with van der Waals surface area (Å²) in [4.78, 5) is 0. The zero-order chi connectivity index (χ0) is 15.3. The van der Waals surface area contributed by atoms with E-state index in [2.05, 4.69) is 10.6 Å². The highest BCUT2D eigenvalue weighted by Crippen LogP contribution is 2.30. The standard InChI is InChI=1S/C15H19F3N2S/c16-15(17,18)11-6-5-9-13(10-11)20-14(21)19-12-7-3-1-2-4-8-12/h5-6,9-10,12H,1-4,7-8H2,(H2,19,20,21). The van der Waals surface area contributed by atoms with E-state index in [1.165, 1.54) is 31.7 Å². The van der Waals surface area contributed by atoms with E-state index in [4.69, 9.17) is 12.2 Å². The first-order valence-electron chi connectivity index (χ1n) is 7.20. The molecule has 1 fully saturated rings. The fraction of sp³-hybridized carbons (Fsp3) is 0.533. The smallest absolute Gasteiger partial charge is 0.360 e. The van der Waals surface area contributed by atoms with Crippen LogP contribution in [0.15, 0.2) is 24.3 Å². The summed E-state index contributed by atoms with van der Waals surface area (Å²) in [5.41, 5.74) is -0.319. The molecule has 0 spiro atoms. The highest BCUT2D eigenvalue weighted by atomic mass is 32.1. The van der Waals surface area contributed by atoms with Gasteiger partial charge in [-0.15, -0.1) is 0 Å². The van der Waals surface area contributed by atoms with Gasteiger partial charge in [-0.05, 0) is 43.3 Å². The van der Waals surface area contributed by atoms with Gasteiger partial charge in [0.25, 0.3) is 0 Å². The number of alkyl halides is 3. The van der Waals surface area contributed by atoms with Crippen molar-refractivity contribution in [1.29, 1.82) is 0 Å². The van der Waals surface area contributed by atoms with E-state index in [9.17, 15) is 13.2 Å². The van der Waals surface area contributed by atoms with Crippen LogP contribution >= 0.6 is 12.2 Å². The summed E-state index contributed by atoms with van der Waals surface area (Å²) in [5.74, 6) is 0. The maximum atomic E-state index is 12.6. The van der Waals surface area contributed by atoms with Crippen molar-refractivity contribution in [2.45, 2.75) is 50.7 Å². The van der Waals surface area contributed by atoms with E-state index >= 15 is 0 Å². The summed E-state index contributed by atoms with van der Waals surface area (Å²) in [7, 11) is 0. The molecular formula is C15H19F3N2S. The van der Waals surface area contributed by atoms with Gasteiger partial charge in [-0.3, -0.25) is 0 Å². The Morgan fingerprint density at radius 1 is 1.10 bits per heavy atom. The minimum Gasteiger partial charge on any atom is -0.360 e. The van der Waals surface area contributed by atoms with Crippen molar-refractivity contribution in [3.8, 4) is 0 Å². The predicted octanol–water partition coefficient (Wildman–Crippen LogP) is 4.71. The molecule has 0 aliphatic heterocycles. The van der Waals surface area contributed by atoms with Crippen molar-refractivity contribution in [2.24, 2.45) is 0 Å². The molecule has 0 atom stereocenters. The van der Waals surface area contributed by atoms with Gasteiger partial charge in [0.1, 0.15) is 0 Å². The molecule has 1 aromatic carbocycles. The van der Waals surface area contributed by atoms with E-state index < -0.39 is 11.7 Å². The van der Waals surface area contributed by atoms with Crippen LogP contribution in [0.4, 0.5) is 18.9 Å². The lowest BCUT2D eigenvalue weighted by Crippen LogP contribution is -2.37. The topological polar surface area (TPSA) is 24.1 Å². The van der Waals surface area contributed by atoms with Crippen LogP contribution in [0, 0.1) is 0 Å². The lowest BCUT2D eigenvalue weighted by molar-refractivity contribution is -0.137. The molecule has 6 heteroatoms. The van der Waals surface area contributed by atoms with Gasteiger partial charge < -0.3 is 10.6 Å². The maximum Gasteiger partial charge on any atom is 0.416 e. The number of hydrogen-bond acceptors (Lipinski definition) is 1. The molecule has 1 saturated carbocycles. The summed E-state index contributed by atoms with van der Waals surface area (Å²) in [6, 6.07) is 5.39. The van der Waals surface area contributed by atoms with Gasteiger partial charge in [0, 0.05) is 11.7 Å². The average molecular weight is 316 g/mol. The Balaban J connectivity index is 1.93. The summed E-state index contributed by atoms with van der Waals surface area (Å²) in [5, 5.41) is 6.44. The molecule has 0 bridgehead atoms. The zero-order valence-electron chi connectivity index (χ0n) is 11.7. The van der Waals surface area contributed by atoms with Crippen LogP contribution in [0.25, 0.3) is 0 Å². The van der Waals surface area contributed by atoms with Crippen molar-refractivity contribution in [2.75, 3.05) is 5.32 Å². The Morgan fingerprint density at radius 3 is 2.38 bits per heavy atom. The second-order valence-electron chi connectivity index (χ2n) is 5.37. The molecule has 1 aromatic rings. The predicted molar refractivity (Wildman–Crippen MR) is 82.3 cm³/mol. The Labute approximate surface area is 128 Å². The van der Waals surface area contributed by atoms with Crippen molar-refractivity contribution in [3.05, 3.63) is 29.8 Å². The van der Waals surface area contributed by atoms with Crippen LogP contribution in [-0.4, -0.2) is 11.2 Å². The highest BCUT2D eigenvalue weighted by Gasteiger charge is 2.30. The second kappa shape index (κ2) is 7.11. The molecule has 0 saturated heterocycles. The van der Waals surface area contributed by atoms with Gasteiger partial charge in [-0.25, -0.2) is 0 Å². The SMILES string of the molecule is FC(F)(F)c1cccc(NC(=S)NC2CCCCCC2)c1. The Hall–Kier alpha value is -1.30. The van der Waals surface area contributed by atoms with Gasteiger partial charge in [0.05, 0.1) is 5.56 Å². The van der Waals surface area contributed by atoms with E-state index in [1.54, 1.807) is 6.07 Å². The fourth-order valence-electron chi connectivity index (χ4n) is 2.55. The molecule has 2 N–H and O–H groups in total. The van der Waals surface area contributed by atoms with Crippen LogP contribution in [0.2, 0.25) is 0 Å². The number of nitrogens with one attached hydrogen (secondary N) is 2. The number of benzene rings is 1. The molecule has 0 radical (unpaired) electrons. The average Bonchev–Trinajstić information content (AvgIpc) is 2.66. The molecule has 1 aliphatic rings. The van der Waals surface area contributed by atoms with Crippen LogP contribution < -0.4 is 10.6 Å². The molecule has 0 aromatic heterocycles. The van der Waals surface area contributed by atoms with E-state index in [0.717, 1.165) is 25.0 Å². The van der Waals surface area contributed by atoms with Gasteiger partial charge in [0.2, 0.25) is 0 Å². The number of rotatable bonds is 2. The molecule has 0 heterocycles. The van der Waals surface area contributed by atoms with Crippen molar-refractivity contribution in [3.63, 3.8) is 0 Å². The van der Waals surface area contributed by atoms with Gasteiger partial charge in [-0.2, -0.15) is 13.2 Å². The van der Waals surface area contributed by atoms with Crippen LogP contribution in [0.1, 0.15) is 44.1 Å². The molecule has 1 aliphatic carbocycles. The summed E-state index contributed by atoms with van der Waals surface area (Å²) in [6.07, 6.45) is 2.61. The zero-order valence-corrected chi connectivity index (χ0v) is 12.5. The van der Waals surface area contributed by atoms with Crippen molar-refractivity contribution in [1.82, 2.24) is 5.32 Å². The van der Waals surface area contributed by atoms with Gasteiger partial charge >= 0.3 is 6.18 Å². The molecule has 0 unspecified atom stereocenters. The summed E-state index contributed by atoms with van der Waals surface area (Å²) in [6.45, 7) is 0. The summed E-state index contributed by atoms with van der Waals surface area (Å²) >= 11 is 5.19. The van der Waals surface area contributed by atoms with Gasteiger partial charge in [0.15, 0.2) is 5.11 Å². The first-order chi connectivity index (χ1) is 9.95. The third-order valence-corrected chi connectivity index (χ3v) is 3.86. The molecule has 116 valence electrons. The molecule has 0 amide bonds. The number of anilines is 1. The number of halogens is 3. The maximum absolute atomic E-state index is 12.6. The first-order valence-corrected chi connectivity index (χ1v) is 7.61. The second-order valence-corrected chi connectivity index (χ2v) is 5.77. The van der Waals surface area contributed by atoms with Crippen LogP contribution in [-0.2, 0) is 6.18 Å². The van der Waals surface area contributed by atoms with E-state index in [1.807, 2.05) is 0 Å². The quantitative estimate of drug-likeness (QED) is 0.610. The van der Waals surface area contributed by atoms with E-state index in [0.29, 0.717) is 16.8 Å². The number of hydrogen-bond donors (Lipinski definition) is 2.